The molecule has 5 nitrogen and oxygen atoms in total. The van der Waals surface area contributed by atoms with Crippen molar-refractivity contribution >= 4 is 11.6 Å². The van der Waals surface area contributed by atoms with Gasteiger partial charge in [-0.05, 0) is 30.3 Å². The summed E-state index contributed by atoms with van der Waals surface area (Å²) in [5, 5.41) is 6.58. The van der Waals surface area contributed by atoms with E-state index in [4.69, 9.17) is 4.74 Å². The number of anilines is 1. The Kier molecular flexibility index (Phi) is 7.86. The SMILES string of the molecule is COc1cccc(N[C@H](CNC(=O)CN(C)Cc2ccccc2)c2ccccc2)c1. The summed E-state index contributed by atoms with van der Waals surface area (Å²) in [5.74, 6) is 0.792. The monoisotopic (exact) mass is 403 g/mol. The smallest absolute Gasteiger partial charge is 0.234 e. The Morgan fingerprint density at radius 3 is 2.37 bits per heavy atom. The number of likely N-dealkylation sites (N-methyl/N-ethyl adjacent to an activating group) is 1. The maximum absolute atomic E-state index is 12.5. The lowest BCUT2D eigenvalue weighted by molar-refractivity contribution is -0.122. The zero-order chi connectivity index (χ0) is 21.2. The zero-order valence-electron chi connectivity index (χ0n) is 17.5. The van der Waals surface area contributed by atoms with E-state index in [-0.39, 0.29) is 11.9 Å². The Bertz CT molecular complexity index is 916. The van der Waals surface area contributed by atoms with E-state index in [9.17, 15) is 4.79 Å². The average Bonchev–Trinajstić information content (AvgIpc) is 2.78. The molecular weight excluding hydrogens is 374 g/mol. The van der Waals surface area contributed by atoms with Gasteiger partial charge in [-0.2, -0.15) is 0 Å². The van der Waals surface area contributed by atoms with E-state index in [0.29, 0.717) is 13.1 Å². The number of nitrogens with one attached hydrogen (secondary N) is 2. The Balaban J connectivity index is 1.59. The van der Waals surface area contributed by atoms with Gasteiger partial charge in [-0.3, -0.25) is 9.69 Å². The van der Waals surface area contributed by atoms with E-state index in [2.05, 4.69) is 34.9 Å². The first-order valence-corrected chi connectivity index (χ1v) is 10.1. The molecule has 0 aromatic heterocycles. The van der Waals surface area contributed by atoms with Crippen molar-refractivity contribution < 1.29 is 9.53 Å². The molecule has 0 saturated carbocycles. The van der Waals surface area contributed by atoms with Crippen LogP contribution in [0.2, 0.25) is 0 Å². The molecule has 0 radical (unpaired) electrons. The third-order valence-corrected chi connectivity index (χ3v) is 4.82. The Hall–Kier alpha value is -3.31. The summed E-state index contributed by atoms with van der Waals surface area (Å²) in [6, 6.07) is 28.0. The minimum absolute atomic E-state index is 0.00167. The molecule has 0 spiro atoms. The molecule has 1 amide bonds. The van der Waals surface area contributed by atoms with Crippen molar-refractivity contribution in [3.63, 3.8) is 0 Å². The van der Waals surface area contributed by atoms with E-state index >= 15 is 0 Å². The highest BCUT2D eigenvalue weighted by Gasteiger charge is 2.14. The lowest BCUT2D eigenvalue weighted by atomic mass is 10.1. The van der Waals surface area contributed by atoms with Crippen LogP contribution < -0.4 is 15.4 Å². The second kappa shape index (κ2) is 11.0. The molecule has 0 unspecified atom stereocenters. The van der Waals surface area contributed by atoms with Crippen LogP contribution in [0.4, 0.5) is 5.69 Å². The number of benzene rings is 3. The van der Waals surface area contributed by atoms with Crippen molar-refractivity contribution in [2.75, 3.05) is 32.6 Å². The van der Waals surface area contributed by atoms with Crippen LogP contribution >= 0.6 is 0 Å². The minimum atomic E-state index is -0.0540. The van der Waals surface area contributed by atoms with E-state index in [1.54, 1.807) is 7.11 Å². The maximum Gasteiger partial charge on any atom is 0.234 e. The predicted molar refractivity (Wildman–Crippen MR) is 122 cm³/mol. The van der Waals surface area contributed by atoms with Crippen LogP contribution in [0.5, 0.6) is 5.75 Å². The van der Waals surface area contributed by atoms with Gasteiger partial charge in [-0.1, -0.05) is 66.7 Å². The van der Waals surface area contributed by atoms with Crippen LogP contribution in [0.25, 0.3) is 0 Å². The van der Waals surface area contributed by atoms with Crippen molar-refractivity contribution in [3.8, 4) is 5.75 Å². The molecule has 30 heavy (non-hydrogen) atoms. The number of carbonyl (C=O) groups excluding carboxylic acids is 1. The van der Waals surface area contributed by atoms with Crippen molar-refractivity contribution in [2.45, 2.75) is 12.6 Å². The second-order valence-corrected chi connectivity index (χ2v) is 7.30. The van der Waals surface area contributed by atoms with E-state index in [0.717, 1.165) is 23.5 Å². The molecule has 0 aliphatic carbocycles. The molecule has 0 aliphatic rings. The first kappa shape index (κ1) is 21.4. The van der Waals surface area contributed by atoms with Crippen LogP contribution in [0, 0.1) is 0 Å². The second-order valence-electron chi connectivity index (χ2n) is 7.30. The number of hydrogen-bond donors (Lipinski definition) is 2. The molecule has 0 bridgehead atoms. The average molecular weight is 404 g/mol. The molecule has 3 aromatic rings. The number of carbonyl (C=O) groups is 1. The van der Waals surface area contributed by atoms with Gasteiger partial charge in [0.1, 0.15) is 5.75 Å². The van der Waals surface area contributed by atoms with Gasteiger partial charge >= 0.3 is 0 Å². The first-order valence-electron chi connectivity index (χ1n) is 10.1. The molecule has 3 aromatic carbocycles. The molecule has 1 atom stereocenters. The highest BCUT2D eigenvalue weighted by molar-refractivity contribution is 5.78. The van der Waals surface area contributed by atoms with Crippen molar-refractivity contribution in [1.82, 2.24) is 10.2 Å². The summed E-state index contributed by atoms with van der Waals surface area (Å²) in [6.07, 6.45) is 0. The topological polar surface area (TPSA) is 53.6 Å². The van der Waals surface area contributed by atoms with Crippen LogP contribution in [-0.4, -0.2) is 38.1 Å². The standard InChI is InChI=1S/C25H29N3O2/c1-28(18-20-10-5-3-6-11-20)19-25(29)26-17-24(21-12-7-4-8-13-21)27-22-14-9-15-23(16-22)30-2/h3-16,24,27H,17-19H2,1-2H3,(H,26,29)/t24-/m1/s1. The van der Waals surface area contributed by atoms with E-state index in [1.807, 2.05) is 72.6 Å². The van der Waals surface area contributed by atoms with Crippen molar-refractivity contribution in [3.05, 3.63) is 96.1 Å². The fraction of sp³-hybridized carbons (Fsp3) is 0.240. The number of hydrogen-bond acceptors (Lipinski definition) is 4. The lowest BCUT2D eigenvalue weighted by Gasteiger charge is -2.22. The van der Waals surface area contributed by atoms with Crippen LogP contribution in [0.15, 0.2) is 84.9 Å². The molecule has 2 N–H and O–H groups in total. The first-order chi connectivity index (χ1) is 14.6. The summed E-state index contributed by atoms with van der Waals surface area (Å²) >= 11 is 0. The Morgan fingerprint density at radius 2 is 1.67 bits per heavy atom. The normalized spacial score (nSPS) is 11.7. The maximum atomic E-state index is 12.5. The summed E-state index contributed by atoms with van der Waals surface area (Å²) in [6.45, 7) is 1.56. The molecule has 0 heterocycles. The lowest BCUT2D eigenvalue weighted by Crippen LogP contribution is -2.38. The van der Waals surface area contributed by atoms with Crippen molar-refractivity contribution in [2.24, 2.45) is 0 Å². The predicted octanol–water partition coefficient (Wildman–Crippen LogP) is 4.10. The largest absolute Gasteiger partial charge is 0.497 e. The van der Waals surface area contributed by atoms with Gasteiger partial charge in [0.05, 0.1) is 19.7 Å². The molecule has 0 aliphatic heterocycles. The number of amides is 1. The number of ether oxygens (including phenoxy) is 1. The third-order valence-electron chi connectivity index (χ3n) is 4.82. The Labute approximate surface area is 178 Å². The van der Waals surface area contributed by atoms with Gasteiger partial charge in [0.2, 0.25) is 5.91 Å². The van der Waals surface area contributed by atoms with Crippen molar-refractivity contribution in [1.29, 1.82) is 0 Å². The molecule has 0 fully saturated rings. The van der Waals surface area contributed by atoms with Crippen LogP contribution in [-0.2, 0) is 11.3 Å². The Morgan fingerprint density at radius 1 is 0.967 bits per heavy atom. The van der Waals surface area contributed by atoms with Gasteiger partial charge in [0.25, 0.3) is 0 Å². The molecular formula is C25H29N3O2. The quantitative estimate of drug-likeness (QED) is 0.535. The molecule has 0 saturated heterocycles. The van der Waals surface area contributed by atoms with Gasteiger partial charge in [0, 0.05) is 24.8 Å². The van der Waals surface area contributed by atoms with Gasteiger partial charge in [0.15, 0.2) is 0 Å². The van der Waals surface area contributed by atoms with E-state index < -0.39 is 0 Å². The minimum Gasteiger partial charge on any atom is -0.497 e. The fourth-order valence-electron chi connectivity index (χ4n) is 3.32. The molecule has 5 heteroatoms. The van der Waals surface area contributed by atoms with Crippen LogP contribution in [0.3, 0.4) is 0 Å². The van der Waals surface area contributed by atoms with E-state index in [1.165, 1.54) is 5.56 Å². The number of rotatable bonds is 10. The molecule has 3 rings (SSSR count). The van der Waals surface area contributed by atoms with Gasteiger partial charge in [-0.25, -0.2) is 0 Å². The number of methoxy groups -OCH3 is 1. The summed E-state index contributed by atoms with van der Waals surface area (Å²) in [7, 11) is 3.61. The summed E-state index contributed by atoms with van der Waals surface area (Å²) in [5.41, 5.74) is 3.24. The number of nitrogens with zero attached hydrogens (tertiary/aromatic N) is 1. The zero-order valence-corrected chi connectivity index (χ0v) is 17.5. The highest BCUT2D eigenvalue weighted by atomic mass is 16.5. The van der Waals surface area contributed by atoms with Gasteiger partial charge in [-0.15, -0.1) is 0 Å². The fourth-order valence-corrected chi connectivity index (χ4v) is 3.32. The third kappa shape index (κ3) is 6.64. The summed E-state index contributed by atoms with van der Waals surface area (Å²) in [4.78, 5) is 14.5. The van der Waals surface area contributed by atoms with Gasteiger partial charge < -0.3 is 15.4 Å². The highest BCUT2D eigenvalue weighted by Crippen LogP contribution is 2.22. The van der Waals surface area contributed by atoms with Crippen LogP contribution in [0.1, 0.15) is 17.2 Å². The summed E-state index contributed by atoms with van der Waals surface area (Å²) < 4.78 is 5.32. The molecule has 156 valence electrons.